The van der Waals surface area contributed by atoms with Crippen molar-refractivity contribution in [3.05, 3.63) is 34.9 Å². The highest BCUT2D eigenvalue weighted by atomic mass is 35.5. The quantitative estimate of drug-likeness (QED) is 0.774. The first-order valence-electron chi connectivity index (χ1n) is 8.03. The molecule has 4 heteroatoms. The molecule has 1 aliphatic rings. The van der Waals surface area contributed by atoms with Crippen molar-refractivity contribution in [1.82, 2.24) is 10.2 Å². The molecule has 0 radical (unpaired) electrons. The summed E-state index contributed by atoms with van der Waals surface area (Å²) in [5.74, 6) is 0. The van der Waals surface area contributed by atoms with Crippen molar-refractivity contribution in [2.75, 3.05) is 26.7 Å². The number of likely N-dealkylation sites (tertiary alicyclic amines) is 1. The summed E-state index contributed by atoms with van der Waals surface area (Å²) in [5.41, 5.74) is 1.19. The van der Waals surface area contributed by atoms with Crippen LogP contribution in [-0.4, -0.2) is 42.8 Å². The van der Waals surface area contributed by atoms with Crippen LogP contribution in [0.3, 0.4) is 0 Å². The Morgan fingerprint density at radius 3 is 2.95 bits per heavy atom. The van der Waals surface area contributed by atoms with Gasteiger partial charge in [-0.05, 0) is 57.3 Å². The van der Waals surface area contributed by atoms with Gasteiger partial charge in [0, 0.05) is 30.3 Å². The van der Waals surface area contributed by atoms with E-state index in [4.69, 9.17) is 16.7 Å². The van der Waals surface area contributed by atoms with Crippen LogP contribution in [0.1, 0.15) is 43.7 Å². The summed E-state index contributed by atoms with van der Waals surface area (Å²) in [7, 11) is 2.00. The molecular formula is C17H27ClN2O. The van der Waals surface area contributed by atoms with Crippen LogP contribution in [0.5, 0.6) is 0 Å². The minimum atomic E-state index is 0.304. The van der Waals surface area contributed by atoms with Crippen molar-refractivity contribution < 1.29 is 5.11 Å². The highest BCUT2D eigenvalue weighted by molar-refractivity contribution is 6.31. The Kier molecular flexibility index (Phi) is 6.97. The van der Waals surface area contributed by atoms with Gasteiger partial charge >= 0.3 is 0 Å². The molecule has 1 aromatic carbocycles. The summed E-state index contributed by atoms with van der Waals surface area (Å²) in [6.07, 6.45) is 5.66. The molecule has 2 atom stereocenters. The average Bonchev–Trinajstić information content (AvgIpc) is 2.95. The average molecular weight is 311 g/mol. The third-order valence-corrected chi connectivity index (χ3v) is 4.87. The van der Waals surface area contributed by atoms with Crippen molar-refractivity contribution >= 4 is 11.6 Å². The highest BCUT2D eigenvalue weighted by Gasteiger charge is 2.24. The van der Waals surface area contributed by atoms with Gasteiger partial charge in [0.15, 0.2) is 0 Å². The van der Waals surface area contributed by atoms with Gasteiger partial charge in [-0.25, -0.2) is 0 Å². The molecule has 1 fully saturated rings. The van der Waals surface area contributed by atoms with E-state index in [-0.39, 0.29) is 0 Å². The number of aliphatic hydroxyl groups excluding tert-OH is 1. The standard InChI is InChI=1S/C17H27ClN2O/c1-19-17(15-8-2-3-9-16(15)18)10-12-20-11-4-6-14(20)7-5-13-21/h2-3,8-9,14,17,19,21H,4-7,10-13H2,1H3. The van der Waals surface area contributed by atoms with E-state index in [1.807, 2.05) is 25.2 Å². The van der Waals surface area contributed by atoms with Crippen LogP contribution in [0.4, 0.5) is 0 Å². The van der Waals surface area contributed by atoms with E-state index < -0.39 is 0 Å². The zero-order valence-electron chi connectivity index (χ0n) is 12.9. The number of hydrogen-bond donors (Lipinski definition) is 2. The molecule has 1 saturated heterocycles. The molecule has 1 heterocycles. The third kappa shape index (κ3) is 4.68. The number of nitrogens with one attached hydrogen (secondary N) is 1. The maximum atomic E-state index is 9.01. The molecule has 2 rings (SSSR count). The number of halogens is 1. The summed E-state index contributed by atoms with van der Waals surface area (Å²) < 4.78 is 0. The van der Waals surface area contributed by atoms with Crippen LogP contribution in [-0.2, 0) is 0 Å². The maximum Gasteiger partial charge on any atom is 0.0453 e. The first kappa shape index (κ1) is 16.8. The predicted molar refractivity (Wildman–Crippen MR) is 88.8 cm³/mol. The highest BCUT2D eigenvalue weighted by Crippen LogP contribution is 2.27. The normalized spacial score (nSPS) is 20.8. The fourth-order valence-electron chi connectivity index (χ4n) is 3.35. The van der Waals surface area contributed by atoms with Crippen molar-refractivity contribution in [2.45, 2.75) is 44.2 Å². The Morgan fingerprint density at radius 1 is 1.43 bits per heavy atom. The molecule has 0 saturated carbocycles. The summed E-state index contributed by atoms with van der Waals surface area (Å²) in [6, 6.07) is 9.05. The molecular weight excluding hydrogens is 284 g/mol. The molecule has 0 aromatic heterocycles. The van der Waals surface area contributed by atoms with E-state index >= 15 is 0 Å². The second kappa shape index (κ2) is 8.74. The largest absolute Gasteiger partial charge is 0.396 e. The van der Waals surface area contributed by atoms with Gasteiger partial charge in [0.1, 0.15) is 0 Å². The Balaban J connectivity index is 1.89. The molecule has 0 spiro atoms. The van der Waals surface area contributed by atoms with E-state index in [0.29, 0.717) is 18.7 Å². The van der Waals surface area contributed by atoms with Crippen LogP contribution in [0.15, 0.2) is 24.3 Å². The number of rotatable bonds is 8. The first-order valence-corrected chi connectivity index (χ1v) is 8.40. The van der Waals surface area contributed by atoms with Gasteiger partial charge in [0.05, 0.1) is 0 Å². The van der Waals surface area contributed by atoms with Gasteiger partial charge in [0.25, 0.3) is 0 Å². The molecule has 0 aliphatic carbocycles. The van der Waals surface area contributed by atoms with Gasteiger partial charge < -0.3 is 15.3 Å². The van der Waals surface area contributed by atoms with E-state index in [9.17, 15) is 0 Å². The lowest BCUT2D eigenvalue weighted by molar-refractivity contribution is 0.208. The minimum Gasteiger partial charge on any atom is -0.396 e. The predicted octanol–water partition coefficient (Wildman–Crippen LogP) is 3.23. The number of benzene rings is 1. The Labute approximate surface area is 133 Å². The topological polar surface area (TPSA) is 35.5 Å². The molecule has 118 valence electrons. The van der Waals surface area contributed by atoms with Crippen LogP contribution in [0.2, 0.25) is 5.02 Å². The van der Waals surface area contributed by atoms with Crippen LogP contribution < -0.4 is 5.32 Å². The molecule has 0 amide bonds. The van der Waals surface area contributed by atoms with E-state index in [2.05, 4.69) is 16.3 Å². The van der Waals surface area contributed by atoms with Gasteiger partial charge in [-0.15, -0.1) is 0 Å². The lowest BCUT2D eigenvalue weighted by atomic mass is 10.0. The number of hydrogen-bond acceptors (Lipinski definition) is 3. The van der Waals surface area contributed by atoms with Crippen LogP contribution in [0, 0.1) is 0 Å². The summed E-state index contributed by atoms with van der Waals surface area (Å²) in [6.45, 7) is 2.59. The van der Waals surface area contributed by atoms with Crippen LogP contribution >= 0.6 is 11.6 Å². The maximum absolute atomic E-state index is 9.01. The molecule has 0 bridgehead atoms. The lowest BCUT2D eigenvalue weighted by Crippen LogP contribution is -2.32. The molecule has 1 aromatic rings. The zero-order valence-corrected chi connectivity index (χ0v) is 13.6. The van der Waals surface area contributed by atoms with Crippen molar-refractivity contribution in [1.29, 1.82) is 0 Å². The van der Waals surface area contributed by atoms with E-state index in [1.165, 1.54) is 24.9 Å². The second-order valence-corrected chi connectivity index (χ2v) is 6.26. The second-order valence-electron chi connectivity index (χ2n) is 5.85. The summed E-state index contributed by atoms with van der Waals surface area (Å²) in [4.78, 5) is 2.58. The lowest BCUT2D eigenvalue weighted by Gasteiger charge is -2.27. The molecule has 2 N–H and O–H groups in total. The fraction of sp³-hybridized carbons (Fsp3) is 0.647. The minimum absolute atomic E-state index is 0.304. The molecule has 21 heavy (non-hydrogen) atoms. The van der Waals surface area contributed by atoms with E-state index in [1.54, 1.807) is 0 Å². The Morgan fingerprint density at radius 2 is 2.24 bits per heavy atom. The van der Waals surface area contributed by atoms with Gasteiger partial charge in [-0.3, -0.25) is 0 Å². The van der Waals surface area contributed by atoms with Gasteiger partial charge in [-0.2, -0.15) is 0 Å². The zero-order chi connectivity index (χ0) is 15.1. The molecule has 2 unspecified atom stereocenters. The Bertz CT molecular complexity index is 427. The first-order chi connectivity index (χ1) is 10.3. The van der Waals surface area contributed by atoms with E-state index in [0.717, 1.165) is 30.8 Å². The third-order valence-electron chi connectivity index (χ3n) is 4.53. The van der Waals surface area contributed by atoms with Crippen LogP contribution in [0.25, 0.3) is 0 Å². The smallest absolute Gasteiger partial charge is 0.0453 e. The monoisotopic (exact) mass is 310 g/mol. The SMILES string of the molecule is CNC(CCN1CCCC1CCCO)c1ccccc1Cl. The molecule has 1 aliphatic heterocycles. The number of nitrogens with zero attached hydrogens (tertiary/aromatic N) is 1. The summed E-state index contributed by atoms with van der Waals surface area (Å²) >= 11 is 6.31. The van der Waals surface area contributed by atoms with Crippen molar-refractivity contribution in [3.8, 4) is 0 Å². The van der Waals surface area contributed by atoms with Crippen molar-refractivity contribution in [3.63, 3.8) is 0 Å². The Hall–Kier alpha value is -0.610. The van der Waals surface area contributed by atoms with Gasteiger partial charge in [-0.1, -0.05) is 29.8 Å². The van der Waals surface area contributed by atoms with Crippen molar-refractivity contribution in [2.24, 2.45) is 0 Å². The summed E-state index contributed by atoms with van der Waals surface area (Å²) in [5, 5.41) is 13.2. The molecule has 3 nitrogen and oxygen atoms in total. The van der Waals surface area contributed by atoms with Gasteiger partial charge in [0.2, 0.25) is 0 Å². The number of aliphatic hydroxyl groups is 1. The fourth-order valence-corrected chi connectivity index (χ4v) is 3.62.